The van der Waals surface area contributed by atoms with Crippen LogP contribution in [-0.2, 0) is 16.6 Å². The molecule has 0 unspecified atom stereocenters. The van der Waals surface area contributed by atoms with Crippen molar-refractivity contribution < 1.29 is 30.4 Å². The van der Waals surface area contributed by atoms with Gasteiger partial charge < -0.3 is 9.73 Å². The number of alkyl halides is 4. The van der Waals surface area contributed by atoms with Gasteiger partial charge in [0.05, 0.1) is 13.1 Å². The van der Waals surface area contributed by atoms with Crippen LogP contribution < -0.4 is 10.0 Å². The molecule has 10 heteroatoms. The average molecular weight is 304 g/mol. The molecule has 5 nitrogen and oxygen atoms in total. The fourth-order valence-corrected chi connectivity index (χ4v) is 2.10. The molecule has 0 amide bonds. The number of rotatable bonds is 7. The van der Waals surface area contributed by atoms with E-state index >= 15 is 0 Å². The Morgan fingerprint density at radius 2 is 2.00 bits per heavy atom. The molecule has 1 aromatic rings. The Balaban J connectivity index is 2.75. The van der Waals surface area contributed by atoms with Gasteiger partial charge in [0, 0.05) is 0 Å². The van der Waals surface area contributed by atoms with E-state index in [1.54, 1.807) is 7.05 Å². The summed E-state index contributed by atoms with van der Waals surface area (Å²) in [5.41, 5.74) is 0. The van der Waals surface area contributed by atoms with Crippen molar-refractivity contribution in [3.8, 4) is 0 Å². The van der Waals surface area contributed by atoms with E-state index in [2.05, 4.69) is 5.32 Å². The van der Waals surface area contributed by atoms with Gasteiger partial charge in [-0.15, -0.1) is 0 Å². The lowest BCUT2D eigenvalue weighted by molar-refractivity contribution is -0.122. The third-order valence-electron chi connectivity index (χ3n) is 2.07. The van der Waals surface area contributed by atoms with E-state index in [-0.39, 0.29) is 12.3 Å². The minimum Gasteiger partial charge on any atom is -0.447 e. The molecule has 1 aromatic heterocycles. The third kappa shape index (κ3) is 4.18. The zero-order valence-corrected chi connectivity index (χ0v) is 10.6. The van der Waals surface area contributed by atoms with Crippen molar-refractivity contribution in [2.75, 3.05) is 13.6 Å². The van der Waals surface area contributed by atoms with Crippen LogP contribution in [0.25, 0.3) is 0 Å². The maximum absolute atomic E-state index is 12.6. The molecule has 0 spiro atoms. The Hall–Kier alpha value is -1.13. The van der Waals surface area contributed by atoms with Gasteiger partial charge in [-0.3, -0.25) is 0 Å². The van der Waals surface area contributed by atoms with Crippen molar-refractivity contribution in [2.24, 2.45) is 0 Å². The van der Waals surface area contributed by atoms with Gasteiger partial charge in [-0.25, -0.2) is 21.9 Å². The van der Waals surface area contributed by atoms with E-state index < -0.39 is 34.0 Å². The molecular formula is C9H12F4N2O3S. The topological polar surface area (TPSA) is 71.3 Å². The van der Waals surface area contributed by atoms with E-state index in [1.165, 1.54) is 10.8 Å². The van der Waals surface area contributed by atoms with E-state index in [9.17, 15) is 26.0 Å². The van der Waals surface area contributed by atoms with Crippen LogP contribution in [0.1, 0.15) is 5.76 Å². The van der Waals surface area contributed by atoms with Crippen LogP contribution in [0.3, 0.4) is 0 Å². The molecule has 19 heavy (non-hydrogen) atoms. The first-order chi connectivity index (χ1) is 8.69. The lowest BCUT2D eigenvalue weighted by Gasteiger charge is -2.15. The Bertz CT molecular complexity index is 515. The average Bonchev–Trinajstić information content (AvgIpc) is 2.76. The maximum Gasteiger partial charge on any atom is 0.320 e. The van der Waals surface area contributed by atoms with E-state index in [4.69, 9.17) is 4.42 Å². The van der Waals surface area contributed by atoms with Crippen LogP contribution in [-0.4, -0.2) is 34.4 Å². The molecule has 0 radical (unpaired) electrons. The summed E-state index contributed by atoms with van der Waals surface area (Å²) in [5.74, 6) is -4.17. The minimum absolute atomic E-state index is 0.239. The standard InChI is InChI=1S/C9H12F4N2O3S/c1-14-4-6-2-3-7(18-6)19(16,17)15-5-9(12,13)8(10)11/h2-3,8,14-15H,4-5H2,1H3. The third-order valence-corrected chi connectivity index (χ3v) is 3.34. The number of sulfonamides is 1. The van der Waals surface area contributed by atoms with Crippen LogP contribution in [0, 0.1) is 0 Å². The molecule has 1 heterocycles. The summed E-state index contributed by atoms with van der Waals surface area (Å²) in [7, 11) is -2.79. The number of halogens is 4. The van der Waals surface area contributed by atoms with Gasteiger partial charge in [0.15, 0.2) is 0 Å². The first kappa shape index (κ1) is 15.9. The Morgan fingerprint density at radius 1 is 1.37 bits per heavy atom. The highest BCUT2D eigenvalue weighted by molar-refractivity contribution is 7.89. The van der Waals surface area contributed by atoms with Gasteiger partial charge >= 0.3 is 12.3 Å². The number of hydrogen-bond donors (Lipinski definition) is 2. The first-order valence-electron chi connectivity index (χ1n) is 5.08. The van der Waals surface area contributed by atoms with Gasteiger partial charge in [-0.2, -0.15) is 8.78 Å². The molecule has 0 atom stereocenters. The van der Waals surface area contributed by atoms with E-state index in [0.717, 1.165) is 6.07 Å². The molecule has 0 aliphatic carbocycles. The summed E-state index contributed by atoms with van der Waals surface area (Å²) >= 11 is 0. The van der Waals surface area contributed by atoms with E-state index in [1.807, 2.05) is 0 Å². The molecule has 0 bridgehead atoms. The monoisotopic (exact) mass is 304 g/mol. The summed E-state index contributed by atoms with van der Waals surface area (Å²) in [4.78, 5) is 0. The quantitative estimate of drug-likeness (QED) is 0.742. The van der Waals surface area contributed by atoms with Crippen LogP contribution in [0.4, 0.5) is 17.6 Å². The molecule has 110 valence electrons. The lowest BCUT2D eigenvalue weighted by Crippen LogP contribution is -2.41. The molecule has 0 saturated carbocycles. The van der Waals surface area contributed by atoms with Crippen molar-refractivity contribution in [3.63, 3.8) is 0 Å². The fraction of sp³-hybridized carbons (Fsp3) is 0.556. The first-order valence-corrected chi connectivity index (χ1v) is 6.56. The van der Waals surface area contributed by atoms with Gasteiger partial charge in [0.2, 0.25) is 5.09 Å². The van der Waals surface area contributed by atoms with Gasteiger partial charge in [0.25, 0.3) is 10.0 Å². The highest BCUT2D eigenvalue weighted by Crippen LogP contribution is 2.22. The summed E-state index contributed by atoms with van der Waals surface area (Å²) in [6, 6.07) is 2.38. The smallest absolute Gasteiger partial charge is 0.320 e. The second-order valence-corrected chi connectivity index (χ2v) is 5.34. The molecule has 1 rings (SSSR count). The number of hydrogen-bond acceptors (Lipinski definition) is 4. The molecule has 0 saturated heterocycles. The van der Waals surface area contributed by atoms with Crippen LogP contribution in [0.2, 0.25) is 0 Å². The summed E-state index contributed by atoms with van der Waals surface area (Å²) in [5, 5.41) is 2.08. The summed E-state index contributed by atoms with van der Waals surface area (Å²) in [6.07, 6.45) is -3.95. The molecule has 0 aliphatic rings. The fourth-order valence-electron chi connectivity index (χ4n) is 1.11. The predicted molar refractivity (Wildman–Crippen MR) is 57.6 cm³/mol. The van der Waals surface area contributed by atoms with Crippen LogP contribution in [0.5, 0.6) is 0 Å². The Kier molecular flexibility index (Phi) is 4.93. The Morgan fingerprint density at radius 3 is 2.53 bits per heavy atom. The van der Waals surface area contributed by atoms with Crippen molar-refractivity contribution in [1.29, 1.82) is 0 Å². The normalized spacial score (nSPS) is 13.2. The number of nitrogens with one attached hydrogen (secondary N) is 2. The molecule has 2 N–H and O–H groups in total. The van der Waals surface area contributed by atoms with Gasteiger partial charge in [0.1, 0.15) is 5.76 Å². The summed E-state index contributed by atoms with van der Waals surface area (Å²) in [6.45, 7) is -1.46. The van der Waals surface area contributed by atoms with Gasteiger partial charge in [-0.1, -0.05) is 0 Å². The maximum atomic E-state index is 12.6. The largest absolute Gasteiger partial charge is 0.447 e. The zero-order chi connectivity index (χ0) is 14.7. The van der Waals surface area contributed by atoms with Crippen LogP contribution in [0.15, 0.2) is 21.6 Å². The molecule has 0 aliphatic heterocycles. The second kappa shape index (κ2) is 5.88. The highest BCUT2D eigenvalue weighted by atomic mass is 32.2. The molecule has 0 fully saturated rings. The SMILES string of the molecule is CNCc1ccc(S(=O)(=O)NCC(F)(F)C(F)F)o1. The van der Waals surface area contributed by atoms with Crippen LogP contribution >= 0.6 is 0 Å². The molecule has 0 aromatic carbocycles. The molecular weight excluding hydrogens is 292 g/mol. The second-order valence-electron chi connectivity index (χ2n) is 3.64. The van der Waals surface area contributed by atoms with Gasteiger partial charge in [-0.05, 0) is 19.2 Å². The van der Waals surface area contributed by atoms with Crippen molar-refractivity contribution in [3.05, 3.63) is 17.9 Å². The zero-order valence-electron chi connectivity index (χ0n) is 9.79. The Labute approximate surface area is 107 Å². The van der Waals surface area contributed by atoms with Crippen molar-refractivity contribution in [1.82, 2.24) is 10.0 Å². The highest BCUT2D eigenvalue weighted by Gasteiger charge is 2.41. The summed E-state index contributed by atoms with van der Waals surface area (Å²) < 4.78 is 78.2. The minimum atomic E-state index is -4.44. The number of furan rings is 1. The van der Waals surface area contributed by atoms with E-state index in [0.29, 0.717) is 0 Å². The van der Waals surface area contributed by atoms with Crippen molar-refractivity contribution in [2.45, 2.75) is 24.0 Å². The predicted octanol–water partition coefficient (Wildman–Crippen LogP) is 1.18. The lowest BCUT2D eigenvalue weighted by atomic mass is 10.4. The van der Waals surface area contributed by atoms with Crippen molar-refractivity contribution >= 4 is 10.0 Å².